The molecule has 0 aromatic heterocycles. The highest BCUT2D eigenvalue weighted by Gasteiger charge is 2.17. The first-order valence-corrected chi connectivity index (χ1v) is 7.60. The molecule has 132 valence electrons. The molecule has 3 N–H and O–H groups in total. The number of amides is 1. The summed E-state index contributed by atoms with van der Waals surface area (Å²) in [5.41, 5.74) is 7.36. The Labute approximate surface area is 145 Å². The van der Waals surface area contributed by atoms with E-state index < -0.39 is 11.9 Å². The number of esters is 1. The third-order valence-electron chi connectivity index (χ3n) is 3.48. The first-order valence-electron chi connectivity index (χ1n) is 7.60. The fourth-order valence-corrected chi connectivity index (χ4v) is 2.25. The summed E-state index contributed by atoms with van der Waals surface area (Å²) in [6.07, 6.45) is 0. The minimum atomic E-state index is -0.412. The Hall–Kier alpha value is -3.22. The van der Waals surface area contributed by atoms with Crippen LogP contribution in [0.15, 0.2) is 36.4 Å². The number of nitrogens with one attached hydrogen (secondary N) is 1. The number of hydrogen-bond donors (Lipinski definition) is 2. The van der Waals surface area contributed by atoms with E-state index in [-0.39, 0.29) is 11.3 Å². The molecule has 0 heterocycles. The second-order valence-electron chi connectivity index (χ2n) is 5.01. The molecule has 2 aromatic carbocycles. The monoisotopic (exact) mass is 344 g/mol. The van der Waals surface area contributed by atoms with E-state index in [1.807, 2.05) is 0 Å². The maximum absolute atomic E-state index is 12.4. The molecule has 1 amide bonds. The van der Waals surface area contributed by atoms with E-state index in [2.05, 4.69) is 5.32 Å². The van der Waals surface area contributed by atoms with Crippen LogP contribution in [0, 0.1) is 0 Å². The normalized spacial score (nSPS) is 10.0. The predicted molar refractivity (Wildman–Crippen MR) is 94.3 cm³/mol. The molecule has 0 saturated carbocycles. The zero-order valence-corrected chi connectivity index (χ0v) is 14.3. The van der Waals surface area contributed by atoms with E-state index in [1.54, 1.807) is 43.3 Å². The fraction of sp³-hybridized carbons (Fsp3) is 0.222. The Morgan fingerprint density at radius 1 is 1.04 bits per heavy atom. The van der Waals surface area contributed by atoms with Gasteiger partial charge in [-0.05, 0) is 43.3 Å². The number of carbonyl (C=O) groups excluding carboxylic acids is 2. The lowest BCUT2D eigenvalue weighted by Crippen LogP contribution is -2.15. The van der Waals surface area contributed by atoms with E-state index in [0.29, 0.717) is 29.4 Å². The van der Waals surface area contributed by atoms with Gasteiger partial charge in [0.05, 0.1) is 37.6 Å². The first-order chi connectivity index (χ1) is 12.0. The average molecular weight is 344 g/mol. The molecule has 0 fully saturated rings. The van der Waals surface area contributed by atoms with E-state index in [9.17, 15) is 9.59 Å². The zero-order valence-electron chi connectivity index (χ0n) is 14.3. The number of carbonyl (C=O) groups is 2. The van der Waals surface area contributed by atoms with Crippen LogP contribution in [-0.4, -0.2) is 32.7 Å². The van der Waals surface area contributed by atoms with Gasteiger partial charge in [0.1, 0.15) is 0 Å². The van der Waals surface area contributed by atoms with Crippen LogP contribution in [-0.2, 0) is 4.74 Å². The Morgan fingerprint density at radius 3 is 2.28 bits per heavy atom. The smallest absolute Gasteiger partial charge is 0.338 e. The molecule has 7 nitrogen and oxygen atoms in total. The van der Waals surface area contributed by atoms with Crippen molar-refractivity contribution in [2.45, 2.75) is 6.92 Å². The Balaban J connectivity index is 2.18. The van der Waals surface area contributed by atoms with Gasteiger partial charge in [-0.2, -0.15) is 0 Å². The summed E-state index contributed by atoms with van der Waals surface area (Å²) >= 11 is 0. The van der Waals surface area contributed by atoms with Crippen LogP contribution >= 0.6 is 0 Å². The fourth-order valence-electron chi connectivity index (χ4n) is 2.25. The molecule has 7 heteroatoms. The minimum absolute atomic E-state index is 0.183. The van der Waals surface area contributed by atoms with Crippen LogP contribution in [0.25, 0.3) is 0 Å². The standard InChI is InChI=1S/C18H20N2O5/c1-4-25-18(22)11-5-7-12(8-6-11)20-17(21)13-9-10-14(23-2)16(24-3)15(13)19/h5-10H,4,19H2,1-3H3,(H,20,21). The lowest BCUT2D eigenvalue weighted by molar-refractivity contribution is 0.0526. The highest BCUT2D eigenvalue weighted by atomic mass is 16.5. The van der Waals surface area contributed by atoms with Crippen molar-refractivity contribution in [2.24, 2.45) is 0 Å². The number of hydrogen-bond acceptors (Lipinski definition) is 6. The highest BCUT2D eigenvalue weighted by molar-refractivity contribution is 6.09. The molecule has 0 aliphatic rings. The van der Waals surface area contributed by atoms with Crippen molar-refractivity contribution in [2.75, 3.05) is 31.9 Å². The van der Waals surface area contributed by atoms with Crippen molar-refractivity contribution in [3.05, 3.63) is 47.5 Å². The van der Waals surface area contributed by atoms with Crippen LogP contribution in [0.2, 0.25) is 0 Å². The summed E-state index contributed by atoms with van der Waals surface area (Å²) in [7, 11) is 2.94. The number of nitrogen functional groups attached to an aromatic ring is 1. The molecular formula is C18H20N2O5. The Morgan fingerprint density at radius 2 is 1.72 bits per heavy atom. The van der Waals surface area contributed by atoms with Gasteiger partial charge in [-0.25, -0.2) is 4.79 Å². The van der Waals surface area contributed by atoms with E-state index >= 15 is 0 Å². The molecule has 0 unspecified atom stereocenters. The number of anilines is 2. The topological polar surface area (TPSA) is 99.9 Å². The summed E-state index contributed by atoms with van der Waals surface area (Å²) < 4.78 is 15.2. The molecule has 0 saturated heterocycles. The summed E-state index contributed by atoms with van der Waals surface area (Å²) in [5.74, 6) is -0.0741. The first kappa shape index (κ1) is 18.1. The third-order valence-corrected chi connectivity index (χ3v) is 3.48. The second kappa shape index (κ2) is 8.05. The molecule has 0 bridgehead atoms. The number of ether oxygens (including phenoxy) is 3. The van der Waals surface area contributed by atoms with Crippen molar-refractivity contribution >= 4 is 23.3 Å². The van der Waals surface area contributed by atoms with Crippen LogP contribution < -0.4 is 20.5 Å². The number of rotatable bonds is 6. The SMILES string of the molecule is CCOC(=O)c1ccc(NC(=O)c2ccc(OC)c(OC)c2N)cc1. The maximum Gasteiger partial charge on any atom is 0.338 e. The highest BCUT2D eigenvalue weighted by Crippen LogP contribution is 2.35. The predicted octanol–water partition coefficient (Wildman–Crippen LogP) is 2.71. The lowest BCUT2D eigenvalue weighted by atomic mass is 10.1. The van der Waals surface area contributed by atoms with Crippen LogP contribution in [0.4, 0.5) is 11.4 Å². The van der Waals surface area contributed by atoms with Crippen LogP contribution in [0.1, 0.15) is 27.6 Å². The second-order valence-corrected chi connectivity index (χ2v) is 5.01. The molecule has 0 radical (unpaired) electrons. The Bertz CT molecular complexity index is 772. The zero-order chi connectivity index (χ0) is 18.4. The van der Waals surface area contributed by atoms with Crippen LogP contribution in [0.3, 0.4) is 0 Å². The minimum Gasteiger partial charge on any atom is -0.493 e. The van der Waals surface area contributed by atoms with E-state index in [0.717, 1.165) is 0 Å². The Kier molecular flexibility index (Phi) is 5.84. The molecule has 2 aromatic rings. The van der Waals surface area contributed by atoms with Crippen LogP contribution in [0.5, 0.6) is 11.5 Å². The third kappa shape index (κ3) is 4.00. The molecule has 0 aliphatic heterocycles. The van der Waals surface area contributed by atoms with Gasteiger partial charge in [-0.3, -0.25) is 4.79 Å². The molecule has 0 spiro atoms. The van der Waals surface area contributed by atoms with Gasteiger partial charge < -0.3 is 25.3 Å². The van der Waals surface area contributed by atoms with Crippen molar-refractivity contribution in [3.63, 3.8) is 0 Å². The van der Waals surface area contributed by atoms with E-state index in [1.165, 1.54) is 14.2 Å². The molecule has 25 heavy (non-hydrogen) atoms. The van der Waals surface area contributed by atoms with Gasteiger partial charge in [-0.15, -0.1) is 0 Å². The van der Waals surface area contributed by atoms with Crippen molar-refractivity contribution in [1.82, 2.24) is 0 Å². The number of benzene rings is 2. The molecule has 2 rings (SSSR count). The summed E-state index contributed by atoms with van der Waals surface area (Å²) in [4.78, 5) is 24.1. The molecule has 0 atom stereocenters. The number of methoxy groups -OCH3 is 2. The van der Waals surface area contributed by atoms with Crippen molar-refractivity contribution in [1.29, 1.82) is 0 Å². The lowest BCUT2D eigenvalue weighted by Gasteiger charge is -2.14. The maximum atomic E-state index is 12.4. The van der Waals surface area contributed by atoms with Crippen molar-refractivity contribution < 1.29 is 23.8 Å². The largest absolute Gasteiger partial charge is 0.493 e. The van der Waals surface area contributed by atoms with Gasteiger partial charge in [0.2, 0.25) is 0 Å². The summed E-state index contributed by atoms with van der Waals surface area (Å²) in [5, 5.41) is 2.72. The summed E-state index contributed by atoms with van der Waals surface area (Å²) in [6, 6.07) is 9.53. The summed E-state index contributed by atoms with van der Waals surface area (Å²) in [6.45, 7) is 2.04. The average Bonchev–Trinajstić information content (AvgIpc) is 2.62. The quantitative estimate of drug-likeness (QED) is 0.617. The van der Waals surface area contributed by atoms with Gasteiger partial charge in [0.15, 0.2) is 11.5 Å². The van der Waals surface area contributed by atoms with Gasteiger partial charge in [-0.1, -0.05) is 0 Å². The molecular weight excluding hydrogens is 324 g/mol. The van der Waals surface area contributed by atoms with Gasteiger partial charge in [0, 0.05) is 5.69 Å². The molecule has 0 aliphatic carbocycles. The van der Waals surface area contributed by atoms with Gasteiger partial charge >= 0.3 is 5.97 Å². The van der Waals surface area contributed by atoms with E-state index in [4.69, 9.17) is 19.9 Å². The van der Waals surface area contributed by atoms with Gasteiger partial charge in [0.25, 0.3) is 5.91 Å². The van der Waals surface area contributed by atoms with Crippen molar-refractivity contribution in [3.8, 4) is 11.5 Å². The number of nitrogens with two attached hydrogens (primary N) is 1.